The molecule has 1 aliphatic rings. The predicted molar refractivity (Wildman–Crippen MR) is 66.2 cm³/mol. The van der Waals surface area contributed by atoms with Gasteiger partial charge >= 0.3 is 0 Å². The first-order valence-corrected chi connectivity index (χ1v) is 6.23. The highest BCUT2D eigenvalue weighted by Gasteiger charge is 2.12. The van der Waals surface area contributed by atoms with E-state index in [1.54, 1.807) is 6.07 Å². The summed E-state index contributed by atoms with van der Waals surface area (Å²) in [6, 6.07) is 1.63. The average Bonchev–Trinajstić information content (AvgIpc) is 2.45. The monoisotopic (exact) mass is 250 g/mol. The van der Waals surface area contributed by atoms with E-state index < -0.39 is 0 Å². The molecule has 0 radical (unpaired) electrons. The summed E-state index contributed by atoms with van der Waals surface area (Å²) in [4.78, 5) is 11.7. The minimum Gasteiger partial charge on any atom is -0.376 e. The molecule has 0 aliphatic carbocycles. The summed E-state index contributed by atoms with van der Waals surface area (Å²) in [6.45, 7) is 3.10. The van der Waals surface area contributed by atoms with Gasteiger partial charge in [0.1, 0.15) is 0 Å². The van der Waals surface area contributed by atoms with Crippen molar-refractivity contribution in [3.05, 3.63) is 24.0 Å². The highest BCUT2D eigenvalue weighted by atomic mass is 16.5. The second kappa shape index (κ2) is 7.03. The van der Waals surface area contributed by atoms with Gasteiger partial charge in [0, 0.05) is 6.54 Å². The van der Waals surface area contributed by atoms with Gasteiger partial charge in [0.05, 0.1) is 30.7 Å². The number of piperidine rings is 1. The van der Waals surface area contributed by atoms with Crippen LogP contribution in [0.4, 0.5) is 0 Å². The number of aromatic nitrogens is 2. The largest absolute Gasteiger partial charge is 0.376 e. The highest BCUT2D eigenvalue weighted by Crippen LogP contribution is 2.06. The second-order valence-electron chi connectivity index (χ2n) is 4.21. The van der Waals surface area contributed by atoms with Gasteiger partial charge in [-0.3, -0.25) is 4.79 Å². The van der Waals surface area contributed by atoms with Crippen molar-refractivity contribution in [3.63, 3.8) is 0 Å². The van der Waals surface area contributed by atoms with Crippen molar-refractivity contribution in [3.8, 4) is 0 Å². The minimum atomic E-state index is -0.140. The van der Waals surface area contributed by atoms with Crippen molar-refractivity contribution in [2.24, 2.45) is 0 Å². The number of hydrogen-bond donors (Lipinski definition) is 2. The smallest absolute Gasteiger partial charge is 0.253 e. The Morgan fingerprint density at radius 3 is 3.00 bits per heavy atom. The summed E-state index contributed by atoms with van der Waals surface area (Å²) in [7, 11) is 0. The molecule has 2 N–H and O–H groups in total. The molecule has 2 heterocycles. The highest BCUT2D eigenvalue weighted by molar-refractivity contribution is 5.93. The molecule has 1 aromatic rings. The van der Waals surface area contributed by atoms with Gasteiger partial charge in [-0.15, -0.1) is 0 Å². The van der Waals surface area contributed by atoms with Gasteiger partial charge in [0.15, 0.2) is 0 Å². The lowest BCUT2D eigenvalue weighted by Gasteiger charge is -2.22. The van der Waals surface area contributed by atoms with E-state index in [1.807, 2.05) is 0 Å². The molecule has 18 heavy (non-hydrogen) atoms. The SMILES string of the molecule is O=C(NCCOC1CCNCC1)c1ccnnc1. The van der Waals surface area contributed by atoms with Crippen molar-refractivity contribution in [1.82, 2.24) is 20.8 Å². The number of amides is 1. The van der Waals surface area contributed by atoms with E-state index in [1.165, 1.54) is 12.4 Å². The summed E-state index contributed by atoms with van der Waals surface area (Å²) >= 11 is 0. The fraction of sp³-hybridized carbons (Fsp3) is 0.583. The van der Waals surface area contributed by atoms with E-state index in [9.17, 15) is 4.79 Å². The topological polar surface area (TPSA) is 76.1 Å². The Morgan fingerprint density at radius 1 is 1.44 bits per heavy atom. The first-order valence-electron chi connectivity index (χ1n) is 6.23. The van der Waals surface area contributed by atoms with Crippen LogP contribution in [0, 0.1) is 0 Å². The van der Waals surface area contributed by atoms with Crippen LogP contribution in [0.5, 0.6) is 0 Å². The van der Waals surface area contributed by atoms with E-state index in [-0.39, 0.29) is 5.91 Å². The zero-order chi connectivity index (χ0) is 12.6. The van der Waals surface area contributed by atoms with E-state index in [2.05, 4.69) is 20.8 Å². The van der Waals surface area contributed by atoms with Gasteiger partial charge in [-0.25, -0.2) is 0 Å². The number of nitrogens with zero attached hydrogens (tertiary/aromatic N) is 2. The van der Waals surface area contributed by atoms with Crippen molar-refractivity contribution in [2.75, 3.05) is 26.2 Å². The van der Waals surface area contributed by atoms with Gasteiger partial charge in [-0.2, -0.15) is 10.2 Å². The quantitative estimate of drug-likeness (QED) is 0.718. The van der Waals surface area contributed by atoms with Crippen molar-refractivity contribution in [1.29, 1.82) is 0 Å². The van der Waals surface area contributed by atoms with Crippen molar-refractivity contribution < 1.29 is 9.53 Å². The molecule has 0 saturated carbocycles. The van der Waals surface area contributed by atoms with Crippen LogP contribution in [0.15, 0.2) is 18.5 Å². The average molecular weight is 250 g/mol. The lowest BCUT2D eigenvalue weighted by molar-refractivity contribution is 0.0343. The molecular formula is C12H18N4O2. The number of rotatable bonds is 5. The number of ether oxygens (including phenoxy) is 1. The minimum absolute atomic E-state index is 0.140. The fourth-order valence-corrected chi connectivity index (χ4v) is 1.88. The van der Waals surface area contributed by atoms with Crippen LogP contribution in [0.25, 0.3) is 0 Å². The maximum Gasteiger partial charge on any atom is 0.253 e. The van der Waals surface area contributed by atoms with E-state index >= 15 is 0 Å². The molecule has 6 nitrogen and oxygen atoms in total. The van der Waals surface area contributed by atoms with Crippen LogP contribution in [-0.4, -0.2) is 48.4 Å². The number of carbonyl (C=O) groups is 1. The summed E-state index contributed by atoms with van der Waals surface area (Å²) < 4.78 is 5.69. The van der Waals surface area contributed by atoms with E-state index in [0.717, 1.165) is 25.9 Å². The molecule has 1 aromatic heterocycles. The Balaban J connectivity index is 1.62. The molecule has 0 aromatic carbocycles. The predicted octanol–water partition coefficient (Wildman–Crippen LogP) is -0.0250. The first-order chi connectivity index (χ1) is 8.86. The first kappa shape index (κ1) is 12.9. The Hall–Kier alpha value is -1.53. The van der Waals surface area contributed by atoms with E-state index in [0.29, 0.717) is 24.8 Å². The molecule has 6 heteroatoms. The molecule has 1 aliphatic heterocycles. The molecule has 0 unspecified atom stereocenters. The normalized spacial score (nSPS) is 16.4. The zero-order valence-electron chi connectivity index (χ0n) is 10.3. The van der Waals surface area contributed by atoms with Gasteiger partial charge in [0.25, 0.3) is 5.91 Å². The van der Waals surface area contributed by atoms with Crippen LogP contribution in [0.2, 0.25) is 0 Å². The van der Waals surface area contributed by atoms with Crippen molar-refractivity contribution in [2.45, 2.75) is 18.9 Å². The fourth-order valence-electron chi connectivity index (χ4n) is 1.88. The number of carbonyl (C=O) groups excluding carboxylic acids is 1. The Labute approximate surface area is 106 Å². The molecule has 2 rings (SSSR count). The molecule has 1 saturated heterocycles. The van der Waals surface area contributed by atoms with Crippen LogP contribution >= 0.6 is 0 Å². The molecular weight excluding hydrogens is 232 g/mol. The van der Waals surface area contributed by atoms with E-state index in [4.69, 9.17) is 4.74 Å². The van der Waals surface area contributed by atoms with Gasteiger partial charge in [-0.05, 0) is 32.0 Å². The van der Waals surface area contributed by atoms with Gasteiger partial charge in [0.2, 0.25) is 0 Å². The molecule has 0 atom stereocenters. The molecule has 0 bridgehead atoms. The Kier molecular flexibility index (Phi) is 5.04. The summed E-state index contributed by atoms with van der Waals surface area (Å²) in [6.07, 6.45) is 5.36. The molecule has 98 valence electrons. The molecule has 1 fully saturated rings. The lowest BCUT2D eigenvalue weighted by Crippen LogP contribution is -2.34. The Morgan fingerprint density at radius 2 is 2.28 bits per heavy atom. The lowest BCUT2D eigenvalue weighted by atomic mass is 10.1. The van der Waals surface area contributed by atoms with Crippen LogP contribution in [0.1, 0.15) is 23.2 Å². The number of nitrogens with one attached hydrogen (secondary N) is 2. The third-order valence-electron chi connectivity index (χ3n) is 2.87. The summed E-state index contributed by atoms with van der Waals surface area (Å²) in [5.74, 6) is -0.140. The summed E-state index contributed by atoms with van der Waals surface area (Å²) in [5.41, 5.74) is 0.520. The molecule has 1 amide bonds. The van der Waals surface area contributed by atoms with Crippen LogP contribution in [-0.2, 0) is 4.74 Å². The molecule has 0 spiro atoms. The maximum absolute atomic E-state index is 11.7. The second-order valence-corrected chi connectivity index (χ2v) is 4.21. The maximum atomic E-state index is 11.7. The third-order valence-corrected chi connectivity index (χ3v) is 2.87. The third kappa shape index (κ3) is 4.05. The Bertz CT molecular complexity index is 366. The van der Waals surface area contributed by atoms with Crippen LogP contribution in [0.3, 0.4) is 0 Å². The van der Waals surface area contributed by atoms with Crippen molar-refractivity contribution >= 4 is 5.91 Å². The standard InChI is InChI=1S/C12H18N4O2/c17-12(10-1-6-15-16-9-10)14-7-8-18-11-2-4-13-5-3-11/h1,6,9,11,13H,2-5,7-8H2,(H,14,17). The number of hydrogen-bond acceptors (Lipinski definition) is 5. The van der Waals surface area contributed by atoms with Gasteiger partial charge < -0.3 is 15.4 Å². The van der Waals surface area contributed by atoms with Gasteiger partial charge in [-0.1, -0.05) is 0 Å². The summed E-state index contributed by atoms with van der Waals surface area (Å²) in [5, 5.41) is 13.4. The zero-order valence-corrected chi connectivity index (χ0v) is 10.3. The van der Waals surface area contributed by atoms with Crippen LogP contribution < -0.4 is 10.6 Å².